The molecule has 1 aliphatic carbocycles. The molecule has 6 nitrogen and oxygen atoms in total. The van der Waals surface area contributed by atoms with E-state index in [2.05, 4.69) is 10.1 Å². The maximum absolute atomic E-state index is 6.36. The van der Waals surface area contributed by atoms with Crippen molar-refractivity contribution >= 4 is 0 Å². The maximum Gasteiger partial charge on any atom is 0.258 e. The molecule has 2 N–H and O–H groups in total. The van der Waals surface area contributed by atoms with Gasteiger partial charge in [-0.05, 0) is 38.0 Å². The van der Waals surface area contributed by atoms with Gasteiger partial charge in [0.25, 0.3) is 5.89 Å². The predicted octanol–water partition coefficient (Wildman–Crippen LogP) is 2.87. The summed E-state index contributed by atoms with van der Waals surface area (Å²) in [6.07, 6.45) is 4.02. The Bertz CT molecular complexity index is 648. The van der Waals surface area contributed by atoms with E-state index in [0.717, 1.165) is 31.2 Å². The first-order valence-corrected chi connectivity index (χ1v) is 7.60. The summed E-state index contributed by atoms with van der Waals surface area (Å²) in [7, 11) is 1.61. The van der Waals surface area contributed by atoms with Crippen LogP contribution < -0.4 is 15.2 Å². The molecule has 0 atom stereocenters. The summed E-state index contributed by atoms with van der Waals surface area (Å²) >= 11 is 0. The van der Waals surface area contributed by atoms with E-state index in [-0.39, 0.29) is 0 Å². The second kappa shape index (κ2) is 5.96. The highest BCUT2D eigenvalue weighted by Gasteiger charge is 2.36. The molecule has 1 fully saturated rings. The minimum Gasteiger partial charge on any atom is -0.493 e. The van der Waals surface area contributed by atoms with E-state index in [1.165, 1.54) is 0 Å². The molecule has 2 aromatic rings. The van der Waals surface area contributed by atoms with E-state index in [1.807, 2.05) is 25.1 Å². The van der Waals surface area contributed by atoms with E-state index in [4.69, 9.17) is 19.7 Å². The number of methoxy groups -OCH3 is 1. The van der Waals surface area contributed by atoms with Crippen LogP contribution in [0.4, 0.5) is 0 Å². The molecule has 0 unspecified atom stereocenters. The molecule has 0 radical (unpaired) electrons. The Hall–Kier alpha value is -2.08. The minimum atomic E-state index is -0.447. The topological polar surface area (TPSA) is 83.4 Å². The van der Waals surface area contributed by atoms with Crippen molar-refractivity contribution in [2.24, 2.45) is 5.73 Å². The van der Waals surface area contributed by atoms with Gasteiger partial charge in [-0.3, -0.25) is 0 Å². The highest BCUT2D eigenvalue weighted by molar-refractivity contribution is 5.59. The summed E-state index contributed by atoms with van der Waals surface area (Å²) in [5, 5.41) is 4.08. The van der Waals surface area contributed by atoms with Gasteiger partial charge in [0.2, 0.25) is 0 Å². The molecule has 0 saturated heterocycles. The van der Waals surface area contributed by atoms with Gasteiger partial charge in [0.1, 0.15) is 0 Å². The van der Waals surface area contributed by atoms with Crippen molar-refractivity contribution in [1.82, 2.24) is 10.1 Å². The fourth-order valence-electron chi connectivity index (χ4n) is 2.85. The molecule has 0 bridgehead atoms. The Morgan fingerprint density at radius 3 is 2.73 bits per heavy atom. The van der Waals surface area contributed by atoms with Gasteiger partial charge in [0, 0.05) is 5.56 Å². The first kappa shape index (κ1) is 14.8. The van der Waals surface area contributed by atoms with Gasteiger partial charge in [0.05, 0.1) is 19.3 Å². The Morgan fingerprint density at radius 1 is 1.27 bits per heavy atom. The number of rotatable bonds is 5. The molecular formula is C16H21N3O3. The van der Waals surface area contributed by atoms with Crippen molar-refractivity contribution in [3.63, 3.8) is 0 Å². The SMILES string of the molecule is CCOc1ccc(-c2nc(C3(N)CCCC3)no2)cc1OC. The third-order valence-corrected chi connectivity index (χ3v) is 4.08. The summed E-state index contributed by atoms with van der Waals surface area (Å²) in [5.41, 5.74) is 6.71. The smallest absolute Gasteiger partial charge is 0.258 e. The lowest BCUT2D eigenvalue weighted by Gasteiger charge is -2.17. The Kier molecular flexibility index (Phi) is 4.02. The largest absolute Gasteiger partial charge is 0.493 e. The van der Waals surface area contributed by atoms with Crippen LogP contribution in [0.15, 0.2) is 22.7 Å². The van der Waals surface area contributed by atoms with Crippen molar-refractivity contribution in [3.05, 3.63) is 24.0 Å². The fourth-order valence-corrected chi connectivity index (χ4v) is 2.85. The third kappa shape index (κ3) is 2.66. The molecule has 1 saturated carbocycles. The molecule has 3 rings (SSSR count). The molecule has 0 amide bonds. The van der Waals surface area contributed by atoms with Crippen LogP contribution in [0.5, 0.6) is 11.5 Å². The average molecular weight is 303 g/mol. The number of hydrogen-bond acceptors (Lipinski definition) is 6. The summed E-state index contributed by atoms with van der Waals surface area (Å²) < 4.78 is 16.2. The zero-order chi connectivity index (χ0) is 15.6. The van der Waals surface area contributed by atoms with Crippen molar-refractivity contribution in [1.29, 1.82) is 0 Å². The van der Waals surface area contributed by atoms with E-state index in [9.17, 15) is 0 Å². The van der Waals surface area contributed by atoms with Gasteiger partial charge < -0.3 is 19.7 Å². The van der Waals surface area contributed by atoms with Gasteiger partial charge in [-0.1, -0.05) is 18.0 Å². The Morgan fingerprint density at radius 2 is 2.05 bits per heavy atom. The summed E-state index contributed by atoms with van der Waals surface area (Å²) in [5.74, 6) is 2.38. The lowest BCUT2D eigenvalue weighted by molar-refractivity contribution is 0.311. The molecule has 0 aliphatic heterocycles. The maximum atomic E-state index is 6.36. The normalized spacial score (nSPS) is 16.7. The van der Waals surface area contributed by atoms with Crippen LogP contribution in [0.3, 0.4) is 0 Å². The number of benzene rings is 1. The van der Waals surface area contributed by atoms with Crippen molar-refractivity contribution in [2.75, 3.05) is 13.7 Å². The van der Waals surface area contributed by atoms with Gasteiger partial charge in [-0.25, -0.2) is 0 Å². The fraction of sp³-hybridized carbons (Fsp3) is 0.500. The number of ether oxygens (including phenoxy) is 2. The second-order valence-corrected chi connectivity index (χ2v) is 5.59. The zero-order valence-corrected chi connectivity index (χ0v) is 13.0. The van der Waals surface area contributed by atoms with Crippen molar-refractivity contribution in [3.8, 4) is 23.0 Å². The number of hydrogen-bond donors (Lipinski definition) is 1. The first-order chi connectivity index (χ1) is 10.7. The van der Waals surface area contributed by atoms with Crippen LogP contribution in [-0.4, -0.2) is 23.9 Å². The Labute approximate surface area is 129 Å². The molecule has 118 valence electrons. The van der Waals surface area contributed by atoms with E-state index < -0.39 is 5.54 Å². The molecule has 1 heterocycles. The van der Waals surface area contributed by atoms with Crippen molar-refractivity contribution < 1.29 is 14.0 Å². The van der Waals surface area contributed by atoms with Crippen LogP contribution in [0.1, 0.15) is 38.4 Å². The standard InChI is InChI=1S/C16H21N3O3/c1-3-21-12-7-6-11(10-13(12)20-2)14-18-15(19-22-14)16(17)8-4-5-9-16/h6-7,10H,3-5,8-9,17H2,1-2H3. The van der Waals surface area contributed by atoms with Crippen LogP contribution in [0, 0.1) is 0 Å². The van der Waals surface area contributed by atoms with Crippen molar-refractivity contribution in [2.45, 2.75) is 38.1 Å². The Balaban J connectivity index is 1.90. The minimum absolute atomic E-state index is 0.447. The van der Waals surface area contributed by atoms with Gasteiger partial charge in [-0.2, -0.15) is 4.98 Å². The predicted molar refractivity (Wildman–Crippen MR) is 81.8 cm³/mol. The molecule has 1 aromatic heterocycles. The molecule has 1 aliphatic rings. The van der Waals surface area contributed by atoms with E-state index in [0.29, 0.717) is 29.8 Å². The van der Waals surface area contributed by atoms with Gasteiger partial charge in [0.15, 0.2) is 17.3 Å². The summed E-state index contributed by atoms with van der Waals surface area (Å²) in [6.45, 7) is 2.51. The first-order valence-electron chi connectivity index (χ1n) is 7.60. The molecular weight excluding hydrogens is 282 g/mol. The third-order valence-electron chi connectivity index (χ3n) is 4.08. The van der Waals surface area contributed by atoms with E-state index in [1.54, 1.807) is 7.11 Å². The van der Waals surface area contributed by atoms with Gasteiger partial charge >= 0.3 is 0 Å². The van der Waals surface area contributed by atoms with Gasteiger partial charge in [-0.15, -0.1) is 0 Å². The molecule has 22 heavy (non-hydrogen) atoms. The second-order valence-electron chi connectivity index (χ2n) is 5.59. The number of nitrogens with two attached hydrogens (primary N) is 1. The van der Waals surface area contributed by atoms with Crippen LogP contribution in [-0.2, 0) is 5.54 Å². The van der Waals surface area contributed by atoms with Crippen LogP contribution in [0.2, 0.25) is 0 Å². The molecule has 0 spiro atoms. The summed E-state index contributed by atoms with van der Waals surface area (Å²) in [6, 6.07) is 5.55. The highest BCUT2D eigenvalue weighted by Crippen LogP contribution is 2.36. The van der Waals surface area contributed by atoms with Crippen LogP contribution in [0.25, 0.3) is 11.5 Å². The van der Waals surface area contributed by atoms with E-state index >= 15 is 0 Å². The number of nitrogens with zero attached hydrogens (tertiary/aromatic N) is 2. The monoisotopic (exact) mass is 303 g/mol. The molecule has 6 heteroatoms. The zero-order valence-electron chi connectivity index (χ0n) is 13.0. The average Bonchev–Trinajstić information content (AvgIpc) is 3.18. The highest BCUT2D eigenvalue weighted by atomic mass is 16.5. The lowest BCUT2D eigenvalue weighted by Crippen LogP contribution is -2.34. The number of aromatic nitrogens is 2. The molecule has 1 aromatic carbocycles. The van der Waals surface area contributed by atoms with Crippen LogP contribution >= 0.6 is 0 Å². The summed E-state index contributed by atoms with van der Waals surface area (Å²) in [4.78, 5) is 4.49. The quantitative estimate of drug-likeness (QED) is 0.914. The lowest BCUT2D eigenvalue weighted by atomic mass is 9.99.